The number of carboxylic acids is 1. The van der Waals surface area contributed by atoms with Gasteiger partial charge in [-0.2, -0.15) is 0 Å². The van der Waals surface area contributed by atoms with Crippen LogP contribution in [0.25, 0.3) is 0 Å². The zero-order valence-corrected chi connectivity index (χ0v) is 18.3. The molecule has 0 unspecified atom stereocenters. The van der Waals surface area contributed by atoms with Gasteiger partial charge in [-0.25, -0.2) is 9.97 Å². The van der Waals surface area contributed by atoms with Crippen molar-refractivity contribution in [2.45, 2.75) is 46.7 Å². The Morgan fingerprint density at radius 3 is 2.72 bits per heavy atom. The Morgan fingerprint density at radius 2 is 2.03 bits per heavy atom. The number of nitrogens with zero attached hydrogens (tertiary/aromatic N) is 4. The molecule has 1 saturated heterocycles. The van der Waals surface area contributed by atoms with Crippen LogP contribution in [0.1, 0.15) is 42.5 Å². The largest absolute Gasteiger partial charge is 0.481 e. The number of carboxylic acid groups (broad SMARTS) is 1. The first kappa shape index (κ1) is 20.3. The summed E-state index contributed by atoms with van der Waals surface area (Å²) in [5.41, 5.74) is 1.49. The topological polar surface area (TPSA) is 69.6 Å². The zero-order valence-electron chi connectivity index (χ0n) is 17.5. The third-order valence-corrected chi connectivity index (χ3v) is 7.45. The first-order chi connectivity index (χ1) is 13.8. The van der Waals surface area contributed by atoms with Crippen molar-refractivity contribution in [3.63, 3.8) is 0 Å². The summed E-state index contributed by atoms with van der Waals surface area (Å²) in [7, 11) is 0. The van der Waals surface area contributed by atoms with Gasteiger partial charge in [0.2, 0.25) is 5.95 Å². The molecule has 2 atom stereocenters. The summed E-state index contributed by atoms with van der Waals surface area (Å²) in [6.45, 7) is 10.9. The predicted molar refractivity (Wildman–Crippen MR) is 115 cm³/mol. The van der Waals surface area contributed by atoms with Crippen molar-refractivity contribution in [2.24, 2.45) is 17.3 Å². The third-order valence-electron chi connectivity index (χ3n) is 6.23. The molecule has 7 heteroatoms. The molecular formula is C22H30N4O2S. The molecule has 4 rings (SSSR count). The van der Waals surface area contributed by atoms with Crippen molar-refractivity contribution in [1.29, 1.82) is 0 Å². The molecule has 1 N–H and O–H groups in total. The minimum Gasteiger partial charge on any atom is -0.481 e. The maximum absolute atomic E-state index is 11.7. The van der Waals surface area contributed by atoms with Gasteiger partial charge in [0.25, 0.3) is 0 Å². The molecule has 0 bridgehead atoms. The second kappa shape index (κ2) is 8.03. The molecule has 156 valence electrons. The first-order valence-electron chi connectivity index (χ1n) is 10.4. The molecule has 1 fully saturated rings. The minimum absolute atomic E-state index is 0.122. The highest BCUT2D eigenvalue weighted by Gasteiger charge is 2.37. The fourth-order valence-corrected chi connectivity index (χ4v) is 5.66. The van der Waals surface area contributed by atoms with Crippen molar-refractivity contribution in [1.82, 2.24) is 14.9 Å². The quantitative estimate of drug-likeness (QED) is 0.823. The number of anilines is 1. The van der Waals surface area contributed by atoms with Crippen LogP contribution < -0.4 is 4.90 Å². The Morgan fingerprint density at radius 1 is 1.28 bits per heavy atom. The Hall–Kier alpha value is -1.99. The van der Waals surface area contributed by atoms with Crippen LogP contribution in [0, 0.1) is 17.3 Å². The lowest BCUT2D eigenvalue weighted by atomic mass is 9.73. The van der Waals surface area contributed by atoms with Crippen LogP contribution in [0.3, 0.4) is 0 Å². The summed E-state index contributed by atoms with van der Waals surface area (Å²) in [5, 5.41) is 9.63. The van der Waals surface area contributed by atoms with E-state index in [4.69, 9.17) is 0 Å². The molecule has 29 heavy (non-hydrogen) atoms. The summed E-state index contributed by atoms with van der Waals surface area (Å²) >= 11 is 1.89. The molecular weight excluding hydrogens is 384 g/mol. The summed E-state index contributed by atoms with van der Waals surface area (Å²) in [6, 6.07) is 4.15. The van der Waals surface area contributed by atoms with Gasteiger partial charge >= 0.3 is 5.97 Å². The molecule has 6 nitrogen and oxygen atoms in total. The molecule has 2 aliphatic rings. The Bertz CT molecular complexity index is 861. The van der Waals surface area contributed by atoms with E-state index in [0.717, 1.165) is 45.0 Å². The van der Waals surface area contributed by atoms with Gasteiger partial charge in [0.1, 0.15) is 0 Å². The Kier molecular flexibility index (Phi) is 5.62. The number of aromatic nitrogens is 2. The van der Waals surface area contributed by atoms with Crippen LogP contribution in [0.15, 0.2) is 24.5 Å². The van der Waals surface area contributed by atoms with Gasteiger partial charge in [-0.15, -0.1) is 11.3 Å². The van der Waals surface area contributed by atoms with E-state index >= 15 is 0 Å². The normalized spacial score (nSPS) is 23.1. The van der Waals surface area contributed by atoms with Gasteiger partial charge in [0, 0.05) is 54.9 Å². The van der Waals surface area contributed by atoms with Crippen LogP contribution in [0.4, 0.5) is 5.95 Å². The van der Waals surface area contributed by atoms with E-state index in [1.165, 1.54) is 15.3 Å². The first-order valence-corrected chi connectivity index (χ1v) is 11.2. The molecule has 2 aliphatic heterocycles. The summed E-state index contributed by atoms with van der Waals surface area (Å²) in [4.78, 5) is 27.9. The predicted octanol–water partition coefficient (Wildman–Crippen LogP) is 3.67. The van der Waals surface area contributed by atoms with E-state index in [0.29, 0.717) is 12.5 Å². The van der Waals surface area contributed by atoms with Crippen molar-refractivity contribution in [3.8, 4) is 0 Å². The average molecular weight is 415 g/mol. The van der Waals surface area contributed by atoms with E-state index in [9.17, 15) is 9.90 Å². The van der Waals surface area contributed by atoms with E-state index in [1.54, 1.807) is 12.4 Å². The lowest BCUT2D eigenvalue weighted by molar-refractivity contribution is -0.145. The van der Waals surface area contributed by atoms with Gasteiger partial charge in [-0.1, -0.05) is 20.8 Å². The maximum Gasteiger partial charge on any atom is 0.307 e. The zero-order chi connectivity index (χ0) is 20.6. The number of thiophene rings is 1. The van der Waals surface area contributed by atoms with Crippen LogP contribution in [0.5, 0.6) is 0 Å². The standard InChI is InChI=1S/C22H30N4O2S/c1-22(2,3)17-9-16(20(27)28)11-25(13-17)14-18-10-15-12-26(8-5-19(15)29-18)21-23-6-4-7-24-21/h4,6-7,10,16-17H,5,8-9,11-14H2,1-3H3,(H,27,28)/t16-,17-/m1/s1. The third kappa shape index (κ3) is 4.61. The molecule has 2 aromatic heterocycles. The van der Waals surface area contributed by atoms with Crippen LogP contribution in [0.2, 0.25) is 0 Å². The van der Waals surface area contributed by atoms with Gasteiger partial charge in [0.15, 0.2) is 0 Å². The van der Waals surface area contributed by atoms with Crippen LogP contribution in [-0.4, -0.2) is 45.6 Å². The highest BCUT2D eigenvalue weighted by molar-refractivity contribution is 7.12. The number of hydrogen-bond donors (Lipinski definition) is 1. The SMILES string of the molecule is CC(C)(C)[C@@H]1C[C@@H](C(=O)O)CN(Cc2cc3c(s2)CCN(c2ncccn2)C3)C1. The van der Waals surface area contributed by atoms with Gasteiger partial charge < -0.3 is 10.0 Å². The smallest absolute Gasteiger partial charge is 0.307 e. The fraction of sp³-hybridized carbons (Fsp3) is 0.591. The highest BCUT2D eigenvalue weighted by atomic mass is 32.1. The summed E-state index contributed by atoms with van der Waals surface area (Å²) in [5.74, 6) is 0.262. The number of piperidine rings is 1. The van der Waals surface area contributed by atoms with Crippen LogP contribution in [-0.2, 0) is 24.3 Å². The van der Waals surface area contributed by atoms with E-state index in [1.807, 2.05) is 17.4 Å². The molecule has 0 saturated carbocycles. The molecule has 0 aliphatic carbocycles. The van der Waals surface area contributed by atoms with Crippen molar-refractivity contribution >= 4 is 23.3 Å². The van der Waals surface area contributed by atoms with E-state index in [2.05, 4.69) is 46.6 Å². The molecule has 2 aromatic rings. The number of hydrogen-bond acceptors (Lipinski definition) is 6. The molecule has 0 radical (unpaired) electrons. The second-order valence-corrected chi connectivity index (χ2v) is 10.6. The van der Waals surface area contributed by atoms with E-state index in [-0.39, 0.29) is 11.3 Å². The number of fused-ring (bicyclic) bond motifs is 1. The molecule has 0 aromatic carbocycles. The second-order valence-electron chi connectivity index (χ2n) is 9.41. The molecule has 4 heterocycles. The summed E-state index contributed by atoms with van der Waals surface area (Å²) < 4.78 is 0. The Labute approximate surface area is 176 Å². The number of likely N-dealkylation sites (tertiary alicyclic amines) is 1. The van der Waals surface area contributed by atoms with Crippen molar-refractivity contribution in [2.75, 3.05) is 24.5 Å². The van der Waals surface area contributed by atoms with Crippen molar-refractivity contribution < 1.29 is 9.90 Å². The van der Waals surface area contributed by atoms with Crippen molar-refractivity contribution in [3.05, 3.63) is 39.8 Å². The monoisotopic (exact) mass is 414 g/mol. The Balaban J connectivity index is 1.46. The fourth-order valence-electron chi connectivity index (χ4n) is 4.44. The minimum atomic E-state index is -0.659. The lowest BCUT2D eigenvalue weighted by Gasteiger charge is -2.42. The van der Waals surface area contributed by atoms with Gasteiger partial charge in [-0.05, 0) is 41.9 Å². The van der Waals surface area contributed by atoms with E-state index < -0.39 is 5.97 Å². The number of rotatable bonds is 4. The number of carbonyl (C=O) groups is 1. The number of aliphatic carboxylic acids is 1. The molecule has 0 spiro atoms. The van der Waals surface area contributed by atoms with Crippen LogP contribution >= 0.6 is 11.3 Å². The molecule has 0 amide bonds. The van der Waals surface area contributed by atoms with Gasteiger partial charge in [-0.3, -0.25) is 9.69 Å². The lowest BCUT2D eigenvalue weighted by Crippen LogP contribution is -2.46. The average Bonchev–Trinajstić information content (AvgIpc) is 3.09. The highest BCUT2D eigenvalue weighted by Crippen LogP contribution is 2.37. The maximum atomic E-state index is 11.7. The summed E-state index contributed by atoms with van der Waals surface area (Å²) in [6.07, 6.45) is 5.37. The van der Waals surface area contributed by atoms with Gasteiger partial charge in [0.05, 0.1) is 5.92 Å².